The molecule has 7 heteroatoms. The lowest BCUT2D eigenvalue weighted by atomic mass is 10.2. The van der Waals surface area contributed by atoms with Gasteiger partial charge in [0, 0.05) is 17.3 Å². The highest BCUT2D eigenvalue weighted by Crippen LogP contribution is 2.30. The van der Waals surface area contributed by atoms with Gasteiger partial charge in [-0.1, -0.05) is 53.7 Å². The fourth-order valence-electron chi connectivity index (χ4n) is 2.85. The summed E-state index contributed by atoms with van der Waals surface area (Å²) in [7, 11) is 1.57. The smallest absolute Gasteiger partial charge is 0.262 e. The molecule has 0 saturated heterocycles. The highest BCUT2D eigenvalue weighted by molar-refractivity contribution is 5.92. The lowest BCUT2D eigenvalue weighted by molar-refractivity contribution is -0.118. The average Bonchev–Trinajstić information content (AvgIpc) is 3.29. The van der Waals surface area contributed by atoms with E-state index in [1.807, 2.05) is 42.5 Å². The molecule has 4 aromatic rings. The largest absolute Gasteiger partial charge is 0.497 e. The van der Waals surface area contributed by atoms with Crippen molar-refractivity contribution in [2.24, 2.45) is 0 Å². The van der Waals surface area contributed by atoms with Crippen LogP contribution in [0.2, 0.25) is 0 Å². The molecule has 0 radical (unpaired) electrons. The summed E-state index contributed by atoms with van der Waals surface area (Å²) in [4.78, 5) is 16.7. The highest BCUT2D eigenvalue weighted by Gasteiger charge is 2.15. The Hall–Kier alpha value is -4.13. The molecular weight excluding hydrogens is 382 g/mol. The lowest BCUT2D eigenvalue weighted by Gasteiger charge is -2.10. The monoisotopic (exact) mass is 401 g/mol. The number of aromatic nitrogens is 2. The number of carbonyl (C=O) groups is 1. The van der Waals surface area contributed by atoms with E-state index in [4.69, 9.17) is 14.0 Å². The van der Waals surface area contributed by atoms with Crippen molar-refractivity contribution in [3.63, 3.8) is 0 Å². The molecule has 0 bridgehead atoms. The summed E-state index contributed by atoms with van der Waals surface area (Å²) < 4.78 is 16.3. The zero-order valence-corrected chi connectivity index (χ0v) is 16.2. The van der Waals surface area contributed by atoms with Crippen molar-refractivity contribution in [2.75, 3.05) is 19.0 Å². The Labute approximate surface area is 173 Å². The Bertz CT molecular complexity index is 1140. The second-order valence-corrected chi connectivity index (χ2v) is 6.35. The van der Waals surface area contributed by atoms with Crippen LogP contribution in [-0.2, 0) is 4.79 Å². The summed E-state index contributed by atoms with van der Waals surface area (Å²) in [5.74, 6) is 1.63. The normalized spacial score (nSPS) is 10.4. The third-order valence-electron chi connectivity index (χ3n) is 4.29. The Balaban J connectivity index is 1.46. The lowest BCUT2D eigenvalue weighted by Crippen LogP contribution is -2.20. The van der Waals surface area contributed by atoms with Crippen molar-refractivity contribution in [2.45, 2.75) is 0 Å². The number of carbonyl (C=O) groups excluding carboxylic acids is 1. The van der Waals surface area contributed by atoms with Crippen LogP contribution >= 0.6 is 0 Å². The van der Waals surface area contributed by atoms with Gasteiger partial charge in [-0.2, -0.15) is 4.98 Å². The predicted molar refractivity (Wildman–Crippen MR) is 112 cm³/mol. The van der Waals surface area contributed by atoms with E-state index >= 15 is 0 Å². The second-order valence-electron chi connectivity index (χ2n) is 6.35. The maximum absolute atomic E-state index is 12.3. The maximum atomic E-state index is 12.3. The molecule has 7 nitrogen and oxygen atoms in total. The molecular formula is C23H19N3O4. The van der Waals surface area contributed by atoms with Crippen LogP contribution in [0.25, 0.3) is 22.8 Å². The van der Waals surface area contributed by atoms with Gasteiger partial charge in [0.1, 0.15) is 11.5 Å². The quantitative estimate of drug-likeness (QED) is 0.493. The number of para-hydroxylation sites is 1. The molecule has 1 aromatic heterocycles. The Morgan fingerprint density at radius 1 is 1.00 bits per heavy atom. The number of nitrogens with zero attached hydrogens (tertiary/aromatic N) is 2. The molecule has 150 valence electrons. The molecule has 0 aliphatic carbocycles. The van der Waals surface area contributed by atoms with Crippen LogP contribution in [0.5, 0.6) is 11.5 Å². The van der Waals surface area contributed by atoms with Crippen molar-refractivity contribution < 1.29 is 18.8 Å². The van der Waals surface area contributed by atoms with Crippen LogP contribution in [-0.4, -0.2) is 29.8 Å². The van der Waals surface area contributed by atoms with Crippen LogP contribution in [0.3, 0.4) is 0 Å². The third-order valence-corrected chi connectivity index (χ3v) is 4.29. The summed E-state index contributed by atoms with van der Waals surface area (Å²) in [6.45, 7) is -0.173. The molecule has 1 N–H and O–H groups in total. The zero-order chi connectivity index (χ0) is 20.8. The Morgan fingerprint density at radius 2 is 1.80 bits per heavy atom. The minimum Gasteiger partial charge on any atom is -0.497 e. The van der Waals surface area contributed by atoms with Crippen LogP contribution < -0.4 is 14.8 Å². The second kappa shape index (κ2) is 8.91. The van der Waals surface area contributed by atoms with Gasteiger partial charge in [0.15, 0.2) is 6.61 Å². The number of hydrogen-bond donors (Lipinski definition) is 1. The van der Waals surface area contributed by atoms with E-state index in [1.54, 1.807) is 43.5 Å². The number of amides is 1. The van der Waals surface area contributed by atoms with Crippen LogP contribution in [0.15, 0.2) is 83.4 Å². The molecule has 0 aliphatic rings. The molecule has 30 heavy (non-hydrogen) atoms. The topological polar surface area (TPSA) is 86.5 Å². The zero-order valence-electron chi connectivity index (χ0n) is 16.2. The van der Waals surface area contributed by atoms with Gasteiger partial charge in [0.25, 0.3) is 11.8 Å². The molecule has 0 atom stereocenters. The van der Waals surface area contributed by atoms with E-state index in [0.29, 0.717) is 34.5 Å². The van der Waals surface area contributed by atoms with E-state index in [1.165, 1.54) is 0 Å². The van der Waals surface area contributed by atoms with Crippen LogP contribution in [0.1, 0.15) is 0 Å². The molecule has 0 fully saturated rings. The molecule has 0 aliphatic heterocycles. The summed E-state index contributed by atoms with van der Waals surface area (Å²) in [6, 6.07) is 23.8. The van der Waals surface area contributed by atoms with Crippen LogP contribution in [0.4, 0.5) is 5.69 Å². The number of benzene rings is 3. The summed E-state index contributed by atoms with van der Waals surface area (Å²) in [5, 5.41) is 6.81. The first-order valence-electron chi connectivity index (χ1n) is 9.28. The maximum Gasteiger partial charge on any atom is 0.262 e. The number of methoxy groups -OCH3 is 1. The van der Waals surface area contributed by atoms with Gasteiger partial charge in [0.05, 0.1) is 12.7 Å². The number of hydrogen-bond acceptors (Lipinski definition) is 6. The third kappa shape index (κ3) is 4.47. The Kier molecular flexibility index (Phi) is 5.70. The molecule has 3 aromatic carbocycles. The van der Waals surface area contributed by atoms with E-state index in [2.05, 4.69) is 15.5 Å². The van der Waals surface area contributed by atoms with Crippen molar-refractivity contribution in [3.8, 4) is 34.3 Å². The molecule has 0 saturated carbocycles. The van der Waals surface area contributed by atoms with Crippen molar-refractivity contribution in [1.82, 2.24) is 10.1 Å². The molecule has 1 heterocycles. The van der Waals surface area contributed by atoms with Crippen molar-refractivity contribution >= 4 is 11.6 Å². The first-order valence-corrected chi connectivity index (χ1v) is 9.28. The van der Waals surface area contributed by atoms with Gasteiger partial charge in [0.2, 0.25) is 5.82 Å². The van der Waals surface area contributed by atoms with E-state index in [-0.39, 0.29) is 12.5 Å². The van der Waals surface area contributed by atoms with Crippen LogP contribution in [0, 0.1) is 0 Å². The molecule has 0 unspecified atom stereocenters. The Morgan fingerprint density at radius 3 is 2.63 bits per heavy atom. The van der Waals surface area contributed by atoms with Gasteiger partial charge in [-0.05, 0) is 24.3 Å². The average molecular weight is 401 g/mol. The fourth-order valence-corrected chi connectivity index (χ4v) is 2.85. The number of rotatable bonds is 7. The van der Waals surface area contributed by atoms with E-state index in [9.17, 15) is 4.79 Å². The van der Waals surface area contributed by atoms with E-state index < -0.39 is 0 Å². The molecule has 4 rings (SSSR count). The number of anilines is 1. The molecule has 1 amide bonds. The van der Waals surface area contributed by atoms with Gasteiger partial charge in [-0.3, -0.25) is 4.79 Å². The molecule has 0 spiro atoms. The first kappa shape index (κ1) is 19.2. The summed E-state index contributed by atoms with van der Waals surface area (Å²) in [5.41, 5.74) is 2.09. The SMILES string of the molecule is COc1cccc(NC(=O)COc2ccccc2-c2nc(-c3ccccc3)no2)c1. The summed E-state index contributed by atoms with van der Waals surface area (Å²) in [6.07, 6.45) is 0. The predicted octanol–water partition coefficient (Wildman–Crippen LogP) is 4.43. The van der Waals surface area contributed by atoms with E-state index in [0.717, 1.165) is 5.56 Å². The minimum atomic E-state index is -0.298. The standard InChI is InChI=1S/C23H19N3O4/c1-28-18-11-7-10-17(14-18)24-21(27)15-29-20-13-6-5-12-19(20)23-25-22(26-30-23)16-8-3-2-4-9-16/h2-14H,15H2,1H3,(H,24,27). The number of nitrogens with one attached hydrogen (secondary N) is 1. The van der Waals surface area contributed by atoms with Gasteiger partial charge in [-0.25, -0.2) is 0 Å². The van der Waals surface area contributed by atoms with Crippen molar-refractivity contribution in [3.05, 3.63) is 78.9 Å². The summed E-state index contributed by atoms with van der Waals surface area (Å²) >= 11 is 0. The first-order chi connectivity index (χ1) is 14.7. The minimum absolute atomic E-state index is 0.173. The van der Waals surface area contributed by atoms with Crippen molar-refractivity contribution in [1.29, 1.82) is 0 Å². The van der Waals surface area contributed by atoms with Gasteiger partial charge < -0.3 is 19.3 Å². The highest BCUT2D eigenvalue weighted by atomic mass is 16.5. The van der Waals surface area contributed by atoms with Gasteiger partial charge in [-0.15, -0.1) is 0 Å². The number of ether oxygens (including phenoxy) is 2. The van der Waals surface area contributed by atoms with Gasteiger partial charge >= 0.3 is 0 Å². The fraction of sp³-hybridized carbons (Fsp3) is 0.0870.